The van der Waals surface area contributed by atoms with Crippen LogP contribution in [0.4, 0.5) is 5.69 Å². The number of hydrogen-bond donors (Lipinski definition) is 0. The van der Waals surface area contributed by atoms with Crippen molar-refractivity contribution in [1.29, 1.82) is 0 Å². The molecule has 1 aliphatic rings. The monoisotopic (exact) mass is 352 g/mol. The number of carbonyl (C=O) groups is 2. The topological polar surface area (TPSA) is 95.4 Å². The zero-order valence-electron chi connectivity index (χ0n) is 11.3. The molecule has 1 aliphatic heterocycles. The van der Waals surface area contributed by atoms with Crippen molar-refractivity contribution in [2.24, 2.45) is 11.0 Å². The van der Waals surface area contributed by atoms with Gasteiger partial charge in [-0.25, -0.2) is 4.79 Å². The Morgan fingerprint density at radius 3 is 3.00 bits per heavy atom. The maximum atomic E-state index is 12.0. The van der Waals surface area contributed by atoms with E-state index in [9.17, 15) is 9.59 Å². The summed E-state index contributed by atoms with van der Waals surface area (Å²) < 4.78 is 5.24. The van der Waals surface area contributed by atoms with Crippen LogP contribution in [0.15, 0.2) is 27.8 Å². The summed E-state index contributed by atoms with van der Waals surface area (Å²) in [5.74, 6) is -0.444. The van der Waals surface area contributed by atoms with Crippen molar-refractivity contribution in [1.82, 2.24) is 0 Å². The summed E-state index contributed by atoms with van der Waals surface area (Å²) >= 11 is 3.31. The fraction of sp³-hybridized carbons (Fsp3) is 0.385. The molecular weight excluding hydrogens is 340 g/mol. The molecule has 0 N–H and O–H groups in total. The Hall–Kier alpha value is -2.05. The lowest BCUT2D eigenvalue weighted by atomic mass is 10.1. The third-order valence-electron chi connectivity index (χ3n) is 3.28. The van der Waals surface area contributed by atoms with E-state index in [1.54, 1.807) is 23.1 Å². The Morgan fingerprint density at radius 1 is 1.62 bits per heavy atom. The minimum absolute atomic E-state index is 0.0208. The van der Waals surface area contributed by atoms with Crippen molar-refractivity contribution in [3.05, 3.63) is 38.7 Å². The quantitative estimate of drug-likeness (QED) is 0.360. The van der Waals surface area contributed by atoms with E-state index in [0.717, 1.165) is 0 Å². The number of methoxy groups -OCH3 is 1. The first-order valence-electron chi connectivity index (χ1n) is 6.26. The molecule has 0 spiro atoms. The minimum Gasteiger partial charge on any atom is -0.465 e. The number of azide groups is 1. The van der Waals surface area contributed by atoms with E-state index in [4.69, 9.17) is 5.53 Å². The van der Waals surface area contributed by atoms with Crippen molar-refractivity contribution in [2.45, 2.75) is 6.42 Å². The molecule has 8 heteroatoms. The van der Waals surface area contributed by atoms with E-state index >= 15 is 0 Å². The van der Waals surface area contributed by atoms with Crippen molar-refractivity contribution < 1.29 is 14.3 Å². The minimum atomic E-state index is -0.442. The summed E-state index contributed by atoms with van der Waals surface area (Å²) in [6, 6.07) is 5.02. The highest BCUT2D eigenvalue weighted by Crippen LogP contribution is 2.29. The summed E-state index contributed by atoms with van der Waals surface area (Å²) in [7, 11) is 1.31. The Morgan fingerprint density at radius 2 is 2.38 bits per heavy atom. The molecule has 1 saturated heterocycles. The molecule has 1 amide bonds. The van der Waals surface area contributed by atoms with Crippen LogP contribution in [0.1, 0.15) is 16.8 Å². The lowest BCUT2D eigenvalue weighted by Gasteiger charge is -2.17. The van der Waals surface area contributed by atoms with Crippen molar-refractivity contribution in [3.8, 4) is 0 Å². The van der Waals surface area contributed by atoms with E-state index in [1.807, 2.05) is 0 Å². The Balaban J connectivity index is 2.19. The number of anilines is 1. The SMILES string of the molecule is COC(=O)c1ccc(N2CC(CN=[N+]=[N-])CC2=O)cc1Br. The van der Waals surface area contributed by atoms with Gasteiger partial charge in [-0.05, 0) is 45.6 Å². The number of rotatable bonds is 4. The molecule has 1 aromatic rings. The van der Waals surface area contributed by atoms with Gasteiger partial charge in [-0.3, -0.25) is 4.79 Å². The number of hydrogen-bond acceptors (Lipinski definition) is 4. The lowest BCUT2D eigenvalue weighted by molar-refractivity contribution is -0.117. The zero-order valence-corrected chi connectivity index (χ0v) is 12.9. The highest BCUT2D eigenvalue weighted by Gasteiger charge is 2.30. The molecule has 0 saturated carbocycles. The smallest absolute Gasteiger partial charge is 0.339 e. The number of halogens is 1. The number of esters is 1. The van der Waals surface area contributed by atoms with Gasteiger partial charge in [0.1, 0.15) is 0 Å². The molecule has 21 heavy (non-hydrogen) atoms. The molecule has 0 aliphatic carbocycles. The van der Waals surface area contributed by atoms with Gasteiger partial charge in [0.2, 0.25) is 5.91 Å². The molecule has 1 heterocycles. The zero-order chi connectivity index (χ0) is 15.4. The van der Waals surface area contributed by atoms with Crippen LogP contribution in [0, 0.1) is 5.92 Å². The van der Waals surface area contributed by atoms with Crippen molar-refractivity contribution in [2.75, 3.05) is 25.1 Å². The predicted molar refractivity (Wildman–Crippen MR) is 80.0 cm³/mol. The molecule has 2 rings (SSSR count). The molecule has 0 aromatic heterocycles. The van der Waals surface area contributed by atoms with Crippen molar-refractivity contribution in [3.63, 3.8) is 0 Å². The number of carbonyl (C=O) groups excluding carboxylic acids is 2. The summed E-state index contributed by atoms with van der Waals surface area (Å²) in [5.41, 5.74) is 9.43. The summed E-state index contributed by atoms with van der Waals surface area (Å²) in [6.45, 7) is 0.808. The molecule has 1 unspecified atom stereocenters. The summed E-state index contributed by atoms with van der Waals surface area (Å²) in [4.78, 5) is 27.9. The van der Waals surface area contributed by atoms with Crippen LogP contribution in [0.3, 0.4) is 0 Å². The molecule has 1 aromatic carbocycles. The maximum absolute atomic E-state index is 12.0. The van der Waals surface area contributed by atoms with Gasteiger partial charge in [0.15, 0.2) is 0 Å². The molecule has 0 radical (unpaired) electrons. The maximum Gasteiger partial charge on any atom is 0.339 e. The number of ether oxygens (including phenoxy) is 1. The second kappa shape index (κ2) is 6.60. The van der Waals surface area contributed by atoms with Crippen molar-refractivity contribution >= 4 is 33.5 Å². The van der Waals surface area contributed by atoms with Crippen LogP contribution >= 0.6 is 15.9 Å². The predicted octanol–water partition coefficient (Wildman–Crippen LogP) is 2.90. The Labute approximate surface area is 129 Å². The van der Waals surface area contributed by atoms with Crippen LogP contribution in [0.2, 0.25) is 0 Å². The third-order valence-corrected chi connectivity index (χ3v) is 3.93. The van der Waals surface area contributed by atoms with E-state index in [-0.39, 0.29) is 11.8 Å². The largest absolute Gasteiger partial charge is 0.465 e. The van der Waals surface area contributed by atoms with Gasteiger partial charge < -0.3 is 9.64 Å². The van der Waals surface area contributed by atoms with E-state index in [2.05, 4.69) is 30.7 Å². The van der Waals surface area contributed by atoms with E-state index in [0.29, 0.717) is 35.2 Å². The third kappa shape index (κ3) is 3.34. The lowest BCUT2D eigenvalue weighted by Crippen LogP contribution is -2.24. The number of amides is 1. The first kappa shape index (κ1) is 15.3. The average molecular weight is 353 g/mol. The Kier molecular flexibility index (Phi) is 4.82. The van der Waals surface area contributed by atoms with Gasteiger partial charge in [-0.1, -0.05) is 5.11 Å². The van der Waals surface area contributed by atoms with Gasteiger partial charge in [0.25, 0.3) is 0 Å². The standard InChI is InChI=1S/C13H13BrN4O3/c1-21-13(20)10-3-2-9(5-11(10)14)18-7-8(4-12(18)19)6-16-17-15/h2-3,5,8H,4,6-7H2,1H3. The molecule has 7 nitrogen and oxygen atoms in total. The second-order valence-corrected chi connectivity index (χ2v) is 5.50. The molecule has 110 valence electrons. The fourth-order valence-electron chi connectivity index (χ4n) is 2.25. The van der Waals surface area contributed by atoms with Crippen LogP contribution in [-0.2, 0) is 9.53 Å². The highest BCUT2D eigenvalue weighted by molar-refractivity contribution is 9.10. The van der Waals surface area contributed by atoms with Gasteiger partial charge in [-0.2, -0.15) is 0 Å². The molecule has 1 atom stereocenters. The van der Waals surface area contributed by atoms with Gasteiger partial charge in [0, 0.05) is 34.6 Å². The highest BCUT2D eigenvalue weighted by atomic mass is 79.9. The van der Waals surface area contributed by atoms with E-state index < -0.39 is 5.97 Å². The molecule has 1 fully saturated rings. The van der Waals surface area contributed by atoms with E-state index in [1.165, 1.54) is 7.11 Å². The normalized spacial score (nSPS) is 17.5. The second-order valence-electron chi connectivity index (χ2n) is 4.64. The van der Waals surface area contributed by atoms with Crippen LogP contribution < -0.4 is 4.90 Å². The van der Waals surface area contributed by atoms with Crippen LogP contribution in [-0.4, -0.2) is 32.1 Å². The fourth-order valence-corrected chi connectivity index (χ4v) is 2.78. The first-order valence-corrected chi connectivity index (χ1v) is 7.05. The summed E-state index contributed by atoms with van der Waals surface area (Å²) in [5, 5.41) is 3.51. The average Bonchev–Trinajstić information content (AvgIpc) is 2.85. The van der Waals surface area contributed by atoms with Gasteiger partial charge >= 0.3 is 5.97 Å². The number of benzene rings is 1. The van der Waals surface area contributed by atoms with Gasteiger partial charge in [-0.15, -0.1) is 0 Å². The first-order chi connectivity index (χ1) is 10.1. The van der Waals surface area contributed by atoms with Crippen LogP contribution in [0.25, 0.3) is 10.4 Å². The van der Waals surface area contributed by atoms with Crippen LogP contribution in [0.5, 0.6) is 0 Å². The van der Waals surface area contributed by atoms with Gasteiger partial charge in [0.05, 0.1) is 12.7 Å². The Bertz CT molecular complexity index is 628. The number of nitrogens with zero attached hydrogens (tertiary/aromatic N) is 4. The molecule has 0 bridgehead atoms. The summed E-state index contributed by atoms with van der Waals surface area (Å²) in [6.07, 6.45) is 0.357. The molecular formula is C13H13BrN4O3.